The van der Waals surface area contributed by atoms with Crippen molar-refractivity contribution in [3.05, 3.63) is 11.6 Å². The highest BCUT2D eigenvalue weighted by Gasteiger charge is 2.25. The van der Waals surface area contributed by atoms with E-state index in [4.69, 9.17) is 0 Å². The summed E-state index contributed by atoms with van der Waals surface area (Å²) in [6, 6.07) is 1.58. The number of rotatable bonds is 2. The first-order chi connectivity index (χ1) is 5.61. The summed E-state index contributed by atoms with van der Waals surface area (Å²) in [6.07, 6.45) is 5.08. The zero-order valence-corrected chi connectivity index (χ0v) is 8.80. The van der Waals surface area contributed by atoms with Gasteiger partial charge in [-0.2, -0.15) is 0 Å². The highest BCUT2D eigenvalue weighted by Crippen LogP contribution is 2.22. The van der Waals surface area contributed by atoms with Gasteiger partial charge in [-0.05, 0) is 40.5 Å². The summed E-state index contributed by atoms with van der Waals surface area (Å²) in [7, 11) is 0. The number of allylic oxidation sites excluding steroid dienone is 1. The minimum atomic E-state index is 0.788. The van der Waals surface area contributed by atoms with Crippen molar-refractivity contribution in [1.29, 1.82) is 0 Å². The van der Waals surface area contributed by atoms with Crippen LogP contribution in [-0.4, -0.2) is 23.5 Å². The van der Waals surface area contributed by atoms with Crippen LogP contribution in [0.1, 0.15) is 40.5 Å². The van der Waals surface area contributed by atoms with Crippen LogP contribution in [0.2, 0.25) is 0 Å². The van der Waals surface area contributed by atoms with Gasteiger partial charge < -0.3 is 0 Å². The predicted octanol–water partition coefficient (Wildman–Crippen LogP) is 2.83. The summed E-state index contributed by atoms with van der Waals surface area (Å²) in [5.41, 5.74) is 1.43. The normalized spacial score (nSPS) is 30.7. The third kappa shape index (κ3) is 2.34. The Morgan fingerprint density at radius 2 is 1.75 bits per heavy atom. The van der Waals surface area contributed by atoms with Crippen molar-refractivity contribution >= 4 is 0 Å². The Bertz CT molecular complexity index is 158. The fourth-order valence-electron chi connectivity index (χ4n) is 1.90. The maximum atomic E-state index is 2.59. The van der Waals surface area contributed by atoms with Gasteiger partial charge in [-0.3, -0.25) is 4.90 Å². The average Bonchev–Trinajstić information content (AvgIpc) is 2.28. The van der Waals surface area contributed by atoms with Crippen LogP contribution in [-0.2, 0) is 0 Å². The molecule has 2 unspecified atom stereocenters. The van der Waals surface area contributed by atoms with E-state index >= 15 is 0 Å². The van der Waals surface area contributed by atoms with Crippen LogP contribution < -0.4 is 0 Å². The van der Waals surface area contributed by atoms with Gasteiger partial charge in [0.15, 0.2) is 0 Å². The molecule has 0 saturated carbocycles. The molecule has 1 saturated heterocycles. The van der Waals surface area contributed by atoms with Gasteiger partial charge in [0.2, 0.25) is 0 Å². The summed E-state index contributed by atoms with van der Waals surface area (Å²) in [5.74, 6) is 0. The minimum absolute atomic E-state index is 0.788. The molecule has 1 rings (SSSR count). The van der Waals surface area contributed by atoms with Gasteiger partial charge in [0, 0.05) is 18.6 Å². The first-order valence-electron chi connectivity index (χ1n) is 5.00. The molecule has 0 amide bonds. The highest BCUT2D eigenvalue weighted by molar-refractivity contribution is 4.97. The van der Waals surface area contributed by atoms with Crippen molar-refractivity contribution in [2.24, 2.45) is 0 Å². The second-order valence-corrected chi connectivity index (χ2v) is 4.25. The van der Waals surface area contributed by atoms with Gasteiger partial charge in [-0.1, -0.05) is 11.6 Å². The van der Waals surface area contributed by atoms with E-state index in [0.29, 0.717) is 0 Å². The first kappa shape index (κ1) is 9.79. The molecule has 70 valence electrons. The van der Waals surface area contributed by atoms with Gasteiger partial charge in [-0.25, -0.2) is 0 Å². The summed E-state index contributed by atoms with van der Waals surface area (Å²) in [4.78, 5) is 2.59. The van der Waals surface area contributed by atoms with Crippen LogP contribution >= 0.6 is 0 Å². The van der Waals surface area contributed by atoms with E-state index in [0.717, 1.165) is 18.6 Å². The molecule has 0 radical (unpaired) electrons. The Kier molecular flexibility index (Phi) is 3.33. The topological polar surface area (TPSA) is 3.24 Å². The van der Waals surface area contributed by atoms with Crippen LogP contribution in [0.3, 0.4) is 0 Å². The lowest BCUT2D eigenvalue weighted by molar-refractivity contribution is 0.238. The SMILES string of the molecule is CC(C)=CCN1C(C)CCC1C. The number of nitrogens with zero attached hydrogens (tertiary/aromatic N) is 1. The molecule has 0 aliphatic carbocycles. The highest BCUT2D eigenvalue weighted by atomic mass is 15.2. The fraction of sp³-hybridized carbons (Fsp3) is 0.818. The molecule has 0 aromatic heterocycles. The Morgan fingerprint density at radius 1 is 1.25 bits per heavy atom. The molecule has 1 nitrogen and oxygen atoms in total. The number of likely N-dealkylation sites (tertiary alicyclic amines) is 1. The average molecular weight is 167 g/mol. The van der Waals surface area contributed by atoms with Gasteiger partial charge in [0.1, 0.15) is 0 Å². The van der Waals surface area contributed by atoms with Gasteiger partial charge in [-0.15, -0.1) is 0 Å². The second kappa shape index (κ2) is 4.08. The third-order valence-corrected chi connectivity index (χ3v) is 2.84. The standard InChI is InChI=1S/C11H21N/c1-9(2)7-8-12-10(3)5-6-11(12)4/h7,10-11H,5-6,8H2,1-4H3. The molecular formula is C11H21N. The molecule has 1 heterocycles. The number of hydrogen-bond acceptors (Lipinski definition) is 1. The van der Waals surface area contributed by atoms with Crippen molar-refractivity contribution in [1.82, 2.24) is 4.90 Å². The lowest BCUT2D eigenvalue weighted by Crippen LogP contribution is -2.32. The summed E-state index contributed by atoms with van der Waals surface area (Å²) in [5, 5.41) is 0. The molecule has 0 bridgehead atoms. The lowest BCUT2D eigenvalue weighted by Gasteiger charge is -2.24. The molecule has 0 N–H and O–H groups in total. The van der Waals surface area contributed by atoms with Gasteiger partial charge in [0.05, 0.1) is 0 Å². The zero-order valence-electron chi connectivity index (χ0n) is 8.80. The van der Waals surface area contributed by atoms with Crippen molar-refractivity contribution in [3.63, 3.8) is 0 Å². The summed E-state index contributed by atoms with van der Waals surface area (Å²) < 4.78 is 0. The Morgan fingerprint density at radius 3 is 2.17 bits per heavy atom. The van der Waals surface area contributed by atoms with Crippen LogP contribution in [0.4, 0.5) is 0 Å². The smallest absolute Gasteiger partial charge is 0.0171 e. The van der Waals surface area contributed by atoms with E-state index in [9.17, 15) is 0 Å². The van der Waals surface area contributed by atoms with Gasteiger partial charge >= 0.3 is 0 Å². The largest absolute Gasteiger partial charge is 0.294 e. The Balaban J connectivity index is 2.45. The predicted molar refractivity (Wildman–Crippen MR) is 54.3 cm³/mol. The minimum Gasteiger partial charge on any atom is -0.294 e. The van der Waals surface area contributed by atoms with Crippen LogP contribution in [0.25, 0.3) is 0 Å². The monoisotopic (exact) mass is 167 g/mol. The fourth-order valence-corrected chi connectivity index (χ4v) is 1.90. The second-order valence-electron chi connectivity index (χ2n) is 4.25. The molecule has 0 aromatic carbocycles. The van der Waals surface area contributed by atoms with E-state index in [1.165, 1.54) is 18.4 Å². The van der Waals surface area contributed by atoms with Crippen molar-refractivity contribution in [3.8, 4) is 0 Å². The van der Waals surface area contributed by atoms with Crippen LogP contribution in [0.5, 0.6) is 0 Å². The molecule has 0 spiro atoms. The maximum absolute atomic E-state index is 2.59. The molecule has 12 heavy (non-hydrogen) atoms. The molecular weight excluding hydrogens is 146 g/mol. The van der Waals surface area contributed by atoms with E-state index in [1.807, 2.05) is 0 Å². The summed E-state index contributed by atoms with van der Waals surface area (Å²) >= 11 is 0. The van der Waals surface area contributed by atoms with E-state index in [2.05, 4.69) is 38.7 Å². The third-order valence-electron chi connectivity index (χ3n) is 2.84. The van der Waals surface area contributed by atoms with E-state index in [1.54, 1.807) is 0 Å². The van der Waals surface area contributed by atoms with Crippen LogP contribution in [0, 0.1) is 0 Å². The maximum Gasteiger partial charge on any atom is 0.0171 e. The van der Waals surface area contributed by atoms with Crippen molar-refractivity contribution in [2.75, 3.05) is 6.54 Å². The molecule has 1 aliphatic rings. The molecule has 2 atom stereocenters. The lowest BCUT2D eigenvalue weighted by atomic mass is 10.2. The van der Waals surface area contributed by atoms with Crippen molar-refractivity contribution < 1.29 is 0 Å². The Labute approximate surface area is 76.5 Å². The first-order valence-corrected chi connectivity index (χ1v) is 5.00. The molecule has 0 aromatic rings. The van der Waals surface area contributed by atoms with Crippen LogP contribution in [0.15, 0.2) is 11.6 Å². The van der Waals surface area contributed by atoms with Crippen molar-refractivity contribution in [2.45, 2.75) is 52.6 Å². The quantitative estimate of drug-likeness (QED) is 0.572. The molecule has 1 fully saturated rings. The molecule has 1 heteroatoms. The Hall–Kier alpha value is -0.300. The van der Waals surface area contributed by atoms with E-state index in [-0.39, 0.29) is 0 Å². The zero-order chi connectivity index (χ0) is 9.14. The number of hydrogen-bond donors (Lipinski definition) is 0. The summed E-state index contributed by atoms with van der Waals surface area (Å²) in [6.45, 7) is 10.2. The molecule has 1 aliphatic heterocycles. The van der Waals surface area contributed by atoms with Gasteiger partial charge in [0.25, 0.3) is 0 Å². The van der Waals surface area contributed by atoms with E-state index < -0.39 is 0 Å².